The second-order valence-electron chi connectivity index (χ2n) is 10.8. The van der Waals surface area contributed by atoms with Gasteiger partial charge in [-0.1, -0.05) is 29.8 Å². The average molecular weight is 565 g/mol. The fraction of sp³-hybridized carbons (Fsp3) is 0.273. The molecule has 0 saturated heterocycles. The van der Waals surface area contributed by atoms with E-state index in [1.165, 1.54) is 4.90 Å². The Balaban J connectivity index is 1.51. The van der Waals surface area contributed by atoms with Crippen LogP contribution < -0.4 is 20.7 Å². The zero-order valence-electron chi connectivity index (χ0n) is 24.4. The lowest BCUT2D eigenvalue weighted by Crippen LogP contribution is -2.45. The van der Waals surface area contributed by atoms with Crippen LogP contribution in [0.1, 0.15) is 43.0 Å². The van der Waals surface area contributed by atoms with Crippen LogP contribution in [-0.2, 0) is 19.5 Å². The van der Waals surface area contributed by atoms with Crippen molar-refractivity contribution in [3.63, 3.8) is 0 Å². The van der Waals surface area contributed by atoms with Crippen molar-refractivity contribution < 1.29 is 19.1 Å². The number of nitrogens with zero attached hydrogens (tertiary/aromatic N) is 4. The Morgan fingerprint density at radius 1 is 0.786 bits per heavy atom. The summed E-state index contributed by atoms with van der Waals surface area (Å²) in [4.78, 5) is 46.5. The van der Waals surface area contributed by atoms with Gasteiger partial charge in [-0.2, -0.15) is 0 Å². The predicted molar refractivity (Wildman–Crippen MR) is 159 cm³/mol. The topological polar surface area (TPSA) is 95.1 Å². The van der Waals surface area contributed by atoms with E-state index in [2.05, 4.69) is 12.1 Å². The second-order valence-corrected chi connectivity index (χ2v) is 10.8. The number of carbonyl (C=O) groups excluding carboxylic acids is 2. The van der Waals surface area contributed by atoms with Gasteiger partial charge in [0.05, 0.1) is 36.7 Å². The van der Waals surface area contributed by atoms with Crippen LogP contribution in [0.25, 0.3) is 11.3 Å². The van der Waals surface area contributed by atoms with Gasteiger partial charge < -0.3 is 9.47 Å². The van der Waals surface area contributed by atoms with E-state index in [-0.39, 0.29) is 30.6 Å². The number of imide groups is 1. The summed E-state index contributed by atoms with van der Waals surface area (Å²) in [6.45, 7) is 6.65. The zero-order chi connectivity index (χ0) is 29.7. The van der Waals surface area contributed by atoms with Crippen molar-refractivity contribution in [3.8, 4) is 22.8 Å². The van der Waals surface area contributed by atoms with Gasteiger partial charge >= 0.3 is 5.69 Å². The fourth-order valence-corrected chi connectivity index (χ4v) is 6.07. The van der Waals surface area contributed by atoms with Gasteiger partial charge in [0, 0.05) is 31.3 Å². The van der Waals surface area contributed by atoms with Crippen molar-refractivity contribution in [3.05, 3.63) is 104 Å². The largest absolute Gasteiger partial charge is 0.493 e. The van der Waals surface area contributed by atoms with Crippen LogP contribution in [0.15, 0.2) is 64.4 Å². The summed E-state index contributed by atoms with van der Waals surface area (Å²) in [5.41, 5.74) is 7.48. The van der Waals surface area contributed by atoms with Gasteiger partial charge in [-0.25, -0.2) is 9.79 Å². The molecule has 214 valence electrons. The minimum atomic E-state index is -0.354. The molecule has 0 saturated carbocycles. The third-order valence-electron chi connectivity index (χ3n) is 8.07. The van der Waals surface area contributed by atoms with Gasteiger partial charge in [0.15, 0.2) is 11.5 Å². The molecule has 0 atom stereocenters. The van der Waals surface area contributed by atoms with Crippen LogP contribution in [0, 0.1) is 20.8 Å². The number of fused-ring (bicyclic) bond motifs is 4. The molecule has 6 rings (SSSR count). The predicted octanol–water partition coefficient (Wildman–Crippen LogP) is 4.34. The number of hydrogen-bond donors (Lipinski definition) is 0. The minimum absolute atomic E-state index is 0.0432. The highest BCUT2D eigenvalue weighted by atomic mass is 16.5. The van der Waals surface area contributed by atoms with Crippen molar-refractivity contribution in [2.24, 2.45) is 4.99 Å². The lowest BCUT2D eigenvalue weighted by Gasteiger charge is -2.25. The number of benzene rings is 3. The molecule has 0 radical (unpaired) electrons. The molecule has 0 bridgehead atoms. The van der Waals surface area contributed by atoms with Gasteiger partial charge in [-0.3, -0.25) is 23.6 Å². The van der Waals surface area contributed by atoms with E-state index in [0.717, 1.165) is 39.2 Å². The number of aromatic nitrogens is 2. The molecule has 0 fully saturated rings. The number of rotatable bonds is 6. The van der Waals surface area contributed by atoms with E-state index in [0.29, 0.717) is 41.1 Å². The fourth-order valence-electron chi connectivity index (χ4n) is 6.07. The van der Waals surface area contributed by atoms with Crippen LogP contribution in [0.3, 0.4) is 0 Å². The minimum Gasteiger partial charge on any atom is -0.493 e. The highest BCUT2D eigenvalue weighted by Gasteiger charge is 2.35. The third kappa shape index (κ3) is 4.41. The maximum absolute atomic E-state index is 14.1. The molecular formula is C33H32N4O5. The van der Waals surface area contributed by atoms with E-state index in [9.17, 15) is 14.4 Å². The average Bonchev–Trinajstić information content (AvgIpc) is 3.22. The Morgan fingerprint density at radius 3 is 2.02 bits per heavy atom. The summed E-state index contributed by atoms with van der Waals surface area (Å²) in [5.74, 6) is 0.499. The molecule has 2 aliphatic rings. The quantitative estimate of drug-likeness (QED) is 0.325. The smallest absolute Gasteiger partial charge is 0.330 e. The lowest BCUT2D eigenvalue weighted by molar-refractivity contribution is 0.0647. The Kier molecular flexibility index (Phi) is 6.80. The maximum Gasteiger partial charge on any atom is 0.330 e. The van der Waals surface area contributed by atoms with Crippen LogP contribution in [-0.4, -0.2) is 46.6 Å². The molecule has 2 amide bonds. The second kappa shape index (κ2) is 10.5. The van der Waals surface area contributed by atoms with Crippen LogP contribution in [0.2, 0.25) is 0 Å². The molecule has 9 nitrogen and oxygen atoms in total. The molecule has 2 aliphatic heterocycles. The Bertz CT molecular complexity index is 1860. The SMILES string of the molecule is COc1cc2c(cc1OC)-c1cc(=Nc3c(C)cc(C)cc3C)n(CCN3C(=O)c4ccccc4C3=O)c(=O)n1CC2. The molecule has 42 heavy (non-hydrogen) atoms. The summed E-state index contributed by atoms with van der Waals surface area (Å²) < 4.78 is 14.4. The van der Waals surface area contributed by atoms with Crippen LogP contribution >= 0.6 is 0 Å². The van der Waals surface area contributed by atoms with Crippen molar-refractivity contribution in [1.29, 1.82) is 0 Å². The summed E-state index contributed by atoms with van der Waals surface area (Å²) >= 11 is 0. The number of methoxy groups -OCH3 is 2. The van der Waals surface area contributed by atoms with Crippen molar-refractivity contribution in [1.82, 2.24) is 14.0 Å². The van der Waals surface area contributed by atoms with E-state index >= 15 is 0 Å². The first-order chi connectivity index (χ1) is 20.2. The molecule has 4 aromatic rings. The van der Waals surface area contributed by atoms with Crippen LogP contribution in [0.5, 0.6) is 11.5 Å². The summed E-state index contributed by atoms with van der Waals surface area (Å²) in [6.07, 6.45) is 0.633. The molecule has 3 aromatic carbocycles. The first-order valence-electron chi connectivity index (χ1n) is 13.9. The Morgan fingerprint density at radius 2 is 1.40 bits per heavy atom. The number of hydrogen-bond acceptors (Lipinski definition) is 6. The number of carbonyl (C=O) groups is 2. The third-order valence-corrected chi connectivity index (χ3v) is 8.07. The number of ether oxygens (including phenoxy) is 2. The summed E-state index contributed by atoms with van der Waals surface area (Å²) in [6, 6.07) is 16.7. The van der Waals surface area contributed by atoms with Crippen molar-refractivity contribution in [2.45, 2.75) is 40.3 Å². The monoisotopic (exact) mass is 564 g/mol. The molecule has 0 spiro atoms. The van der Waals surface area contributed by atoms with E-state index < -0.39 is 0 Å². The molecular weight excluding hydrogens is 532 g/mol. The highest BCUT2D eigenvalue weighted by Crippen LogP contribution is 2.37. The standard InChI is InChI=1S/C33H32N4O5/c1-19-14-20(2)30(21(3)15-19)34-29-18-26-25-17-28(42-5)27(41-4)16-22(25)10-11-35(26)33(40)36(29)12-13-37-31(38)23-8-6-7-9-24(23)32(37)39/h6-9,14-18H,10-13H2,1-5H3. The van der Waals surface area contributed by atoms with Crippen molar-refractivity contribution in [2.75, 3.05) is 20.8 Å². The summed E-state index contributed by atoms with van der Waals surface area (Å²) in [5, 5.41) is 0. The van der Waals surface area contributed by atoms with Gasteiger partial charge in [0.1, 0.15) is 5.49 Å². The van der Waals surface area contributed by atoms with Crippen molar-refractivity contribution >= 4 is 17.5 Å². The van der Waals surface area contributed by atoms with Gasteiger partial charge in [-0.15, -0.1) is 0 Å². The van der Waals surface area contributed by atoms with Gasteiger partial charge in [0.25, 0.3) is 11.8 Å². The normalized spacial score (nSPS) is 14.1. The number of aryl methyl sites for hydroxylation is 4. The summed E-state index contributed by atoms with van der Waals surface area (Å²) in [7, 11) is 3.19. The molecule has 0 unspecified atom stereocenters. The maximum atomic E-state index is 14.1. The van der Waals surface area contributed by atoms with Crippen LogP contribution in [0.4, 0.5) is 5.69 Å². The van der Waals surface area contributed by atoms with Gasteiger partial charge in [0.2, 0.25) is 0 Å². The van der Waals surface area contributed by atoms with Gasteiger partial charge in [-0.05, 0) is 68.1 Å². The molecule has 9 heteroatoms. The van der Waals surface area contributed by atoms with E-state index in [1.54, 1.807) is 47.6 Å². The molecule has 0 aliphatic carbocycles. The first kappa shape index (κ1) is 27.3. The number of amides is 2. The van der Waals surface area contributed by atoms with E-state index in [4.69, 9.17) is 14.5 Å². The molecule has 0 N–H and O–H groups in total. The molecule has 3 heterocycles. The highest BCUT2D eigenvalue weighted by molar-refractivity contribution is 6.21. The Labute approximate surface area is 243 Å². The van der Waals surface area contributed by atoms with E-state index in [1.807, 2.05) is 39.0 Å². The molecule has 1 aromatic heterocycles. The zero-order valence-corrected chi connectivity index (χ0v) is 24.4. The first-order valence-corrected chi connectivity index (χ1v) is 13.9. The lowest BCUT2D eigenvalue weighted by atomic mass is 9.97. The Hall–Kier alpha value is -4.92.